The smallest absolute Gasteiger partial charge is 0.368 e. The van der Waals surface area contributed by atoms with Crippen LogP contribution in [0.5, 0.6) is 0 Å². The van der Waals surface area contributed by atoms with Crippen molar-refractivity contribution >= 4 is 0 Å². The van der Waals surface area contributed by atoms with E-state index in [1.54, 1.807) is 0 Å². The van der Waals surface area contributed by atoms with Gasteiger partial charge in [0.1, 0.15) is 6.61 Å². The molecule has 1 aliphatic rings. The maximum absolute atomic E-state index is 11.9. The van der Waals surface area contributed by atoms with Crippen LogP contribution >= 0.6 is 0 Å². The normalized spacial score (nSPS) is 30.0. The van der Waals surface area contributed by atoms with E-state index in [4.69, 9.17) is 4.74 Å². The second-order valence-electron chi connectivity index (χ2n) is 4.58. The van der Waals surface area contributed by atoms with Crippen LogP contribution in [0.1, 0.15) is 27.2 Å². The van der Waals surface area contributed by atoms with Gasteiger partial charge in [0.2, 0.25) is 0 Å². The molecular weight excluding hydrogens is 207 g/mol. The fourth-order valence-electron chi connectivity index (χ4n) is 1.96. The summed E-state index contributed by atoms with van der Waals surface area (Å²) < 4.78 is 40.7. The van der Waals surface area contributed by atoms with Gasteiger partial charge < -0.3 is 10.1 Å². The number of alkyl halides is 3. The van der Waals surface area contributed by atoms with Gasteiger partial charge in [-0.3, -0.25) is 0 Å². The standard InChI is InChI=1S/C10H18F3NO/c1-4-14-7-5-8(9(7,2)3)15-6-10(11,12)13/h7-8,14H,4-6H2,1-3H3. The second-order valence-corrected chi connectivity index (χ2v) is 4.58. The summed E-state index contributed by atoms with van der Waals surface area (Å²) in [5.41, 5.74) is -0.207. The van der Waals surface area contributed by atoms with Gasteiger partial charge in [-0.25, -0.2) is 0 Å². The van der Waals surface area contributed by atoms with Crippen LogP contribution in [0.15, 0.2) is 0 Å². The summed E-state index contributed by atoms with van der Waals surface area (Å²) in [4.78, 5) is 0. The Labute approximate surface area is 88.2 Å². The van der Waals surface area contributed by atoms with Crippen molar-refractivity contribution in [3.63, 3.8) is 0 Å². The summed E-state index contributed by atoms with van der Waals surface area (Å²) >= 11 is 0. The third-order valence-electron chi connectivity index (χ3n) is 3.08. The number of hydrogen-bond donors (Lipinski definition) is 1. The summed E-state index contributed by atoms with van der Waals surface area (Å²) in [5.74, 6) is 0. The summed E-state index contributed by atoms with van der Waals surface area (Å²) in [5, 5.41) is 3.24. The van der Waals surface area contributed by atoms with E-state index < -0.39 is 12.8 Å². The van der Waals surface area contributed by atoms with Gasteiger partial charge in [0.15, 0.2) is 0 Å². The summed E-state index contributed by atoms with van der Waals surface area (Å²) in [6.45, 7) is 5.55. The molecule has 1 fully saturated rings. The van der Waals surface area contributed by atoms with Crippen LogP contribution in [-0.4, -0.2) is 31.5 Å². The molecule has 1 saturated carbocycles. The first-order chi connectivity index (χ1) is 6.77. The lowest BCUT2D eigenvalue weighted by Gasteiger charge is -2.52. The third kappa shape index (κ3) is 3.08. The highest BCUT2D eigenvalue weighted by molar-refractivity contribution is 5.02. The van der Waals surface area contributed by atoms with E-state index in [2.05, 4.69) is 5.32 Å². The zero-order chi connectivity index (χ0) is 11.7. The fourth-order valence-corrected chi connectivity index (χ4v) is 1.96. The highest BCUT2D eigenvalue weighted by atomic mass is 19.4. The minimum Gasteiger partial charge on any atom is -0.368 e. The SMILES string of the molecule is CCNC1CC(OCC(F)(F)F)C1(C)C. The molecule has 0 radical (unpaired) electrons. The average molecular weight is 225 g/mol. The van der Waals surface area contributed by atoms with Crippen LogP contribution in [0.2, 0.25) is 0 Å². The number of hydrogen-bond acceptors (Lipinski definition) is 2. The summed E-state index contributed by atoms with van der Waals surface area (Å²) in [7, 11) is 0. The minimum absolute atomic E-state index is 0.207. The molecule has 0 aromatic carbocycles. The van der Waals surface area contributed by atoms with E-state index in [-0.39, 0.29) is 17.6 Å². The largest absolute Gasteiger partial charge is 0.411 e. The van der Waals surface area contributed by atoms with Gasteiger partial charge in [-0.1, -0.05) is 20.8 Å². The van der Waals surface area contributed by atoms with Gasteiger partial charge in [-0.15, -0.1) is 0 Å². The maximum atomic E-state index is 11.9. The molecule has 0 bridgehead atoms. The molecule has 1 N–H and O–H groups in total. The van der Waals surface area contributed by atoms with Gasteiger partial charge in [0.25, 0.3) is 0 Å². The first kappa shape index (κ1) is 12.8. The van der Waals surface area contributed by atoms with Gasteiger partial charge in [-0.2, -0.15) is 13.2 Å². The number of halogens is 3. The fraction of sp³-hybridized carbons (Fsp3) is 1.00. The van der Waals surface area contributed by atoms with E-state index in [9.17, 15) is 13.2 Å². The van der Waals surface area contributed by atoms with Crippen molar-refractivity contribution in [1.29, 1.82) is 0 Å². The third-order valence-corrected chi connectivity index (χ3v) is 3.08. The summed E-state index contributed by atoms with van der Waals surface area (Å²) in [6, 6.07) is 0.265. The molecule has 5 heteroatoms. The minimum atomic E-state index is -4.22. The Morgan fingerprint density at radius 1 is 1.40 bits per heavy atom. The molecule has 0 heterocycles. The predicted octanol–water partition coefficient (Wildman–Crippen LogP) is 2.34. The molecular formula is C10H18F3NO. The predicted molar refractivity (Wildman–Crippen MR) is 51.7 cm³/mol. The zero-order valence-corrected chi connectivity index (χ0v) is 9.32. The maximum Gasteiger partial charge on any atom is 0.411 e. The molecule has 0 aliphatic heterocycles. The lowest BCUT2D eigenvalue weighted by molar-refractivity contribution is -0.217. The van der Waals surface area contributed by atoms with Crippen LogP contribution < -0.4 is 5.32 Å². The molecule has 1 aliphatic carbocycles. The van der Waals surface area contributed by atoms with Crippen molar-refractivity contribution in [2.24, 2.45) is 5.41 Å². The summed E-state index contributed by atoms with van der Waals surface area (Å²) in [6.07, 6.45) is -3.85. The highest BCUT2D eigenvalue weighted by Gasteiger charge is 2.49. The molecule has 15 heavy (non-hydrogen) atoms. The van der Waals surface area contributed by atoms with E-state index in [1.807, 2.05) is 20.8 Å². The van der Waals surface area contributed by atoms with Crippen LogP contribution in [0.3, 0.4) is 0 Å². The first-order valence-electron chi connectivity index (χ1n) is 5.19. The monoisotopic (exact) mass is 225 g/mol. The Kier molecular flexibility index (Phi) is 3.66. The number of ether oxygens (including phenoxy) is 1. The Hall–Kier alpha value is -0.290. The van der Waals surface area contributed by atoms with Gasteiger partial charge >= 0.3 is 6.18 Å². The topological polar surface area (TPSA) is 21.3 Å². The molecule has 0 aromatic rings. The van der Waals surface area contributed by atoms with Crippen molar-refractivity contribution in [3.05, 3.63) is 0 Å². The lowest BCUT2D eigenvalue weighted by Crippen LogP contribution is -2.61. The van der Waals surface area contributed by atoms with Crippen molar-refractivity contribution in [1.82, 2.24) is 5.32 Å². The quantitative estimate of drug-likeness (QED) is 0.793. The van der Waals surface area contributed by atoms with Gasteiger partial charge in [0, 0.05) is 11.5 Å². The van der Waals surface area contributed by atoms with E-state index in [0.717, 1.165) is 6.54 Å². The molecule has 90 valence electrons. The number of nitrogens with one attached hydrogen (secondary N) is 1. The Bertz CT molecular complexity index is 215. The van der Waals surface area contributed by atoms with Crippen LogP contribution in [0.4, 0.5) is 13.2 Å². The van der Waals surface area contributed by atoms with Crippen molar-refractivity contribution in [2.45, 2.75) is 45.5 Å². The average Bonchev–Trinajstić information content (AvgIpc) is 2.08. The first-order valence-corrected chi connectivity index (χ1v) is 5.19. The zero-order valence-electron chi connectivity index (χ0n) is 9.32. The number of rotatable bonds is 4. The molecule has 2 atom stereocenters. The molecule has 0 saturated heterocycles. The molecule has 0 amide bonds. The Balaban J connectivity index is 2.35. The molecule has 2 unspecified atom stereocenters. The lowest BCUT2D eigenvalue weighted by atomic mass is 9.64. The van der Waals surface area contributed by atoms with Gasteiger partial charge in [-0.05, 0) is 13.0 Å². The van der Waals surface area contributed by atoms with Crippen LogP contribution in [-0.2, 0) is 4.74 Å². The van der Waals surface area contributed by atoms with Gasteiger partial charge in [0.05, 0.1) is 6.10 Å². The van der Waals surface area contributed by atoms with E-state index in [1.165, 1.54) is 0 Å². The molecule has 2 nitrogen and oxygen atoms in total. The highest BCUT2D eigenvalue weighted by Crippen LogP contribution is 2.43. The van der Waals surface area contributed by atoms with Crippen molar-refractivity contribution in [2.75, 3.05) is 13.2 Å². The molecule has 0 aromatic heterocycles. The van der Waals surface area contributed by atoms with Crippen molar-refractivity contribution in [3.8, 4) is 0 Å². The second kappa shape index (κ2) is 4.29. The van der Waals surface area contributed by atoms with Crippen molar-refractivity contribution < 1.29 is 17.9 Å². The Morgan fingerprint density at radius 2 is 2.00 bits per heavy atom. The van der Waals surface area contributed by atoms with E-state index >= 15 is 0 Å². The van der Waals surface area contributed by atoms with Crippen LogP contribution in [0.25, 0.3) is 0 Å². The van der Waals surface area contributed by atoms with Crippen LogP contribution in [0, 0.1) is 5.41 Å². The molecule has 1 rings (SSSR count). The Morgan fingerprint density at radius 3 is 2.40 bits per heavy atom. The molecule has 0 spiro atoms. The van der Waals surface area contributed by atoms with E-state index in [0.29, 0.717) is 6.42 Å².